The molecule has 2 amide bonds. The molecule has 0 aromatic heterocycles. The molecule has 3 nitrogen and oxygen atoms in total. The Kier molecular flexibility index (Phi) is 10.5. The van der Waals surface area contributed by atoms with Crippen LogP contribution >= 0.6 is 12.6 Å². The van der Waals surface area contributed by atoms with Gasteiger partial charge in [0, 0.05) is 25.3 Å². The minimum Gasteiger partial charge on any atom is -0.278 e. The molecular formula is C14H23NO2S. The fourth-order valence-corrected chi connectivity index (χ4v) is 1.69. The lowest BCUT2D eigenvalue weighted by Gasteiger charge is -2.14. The Hall–Kier alpha value is -0.990. The lowest BCUT2D eigenvalue weighted by atomic mass is 10.1. The molecule has 0 atom stereocenters. The van der Waals surface area contributed by atoms with Crippen molar-refractivity contribution in [3.8, 4) is 0 Å². The number of hydrogen-bond donors (Lipinski definition) is 1. The Bertz CT molecular complexity index is 320. The SMILES string of the molecule is CCCCCCC=C=CC(=O)N(CCS)C(C)=O. The van der Waals surface area contributed by atoms with Crippen LogP contribution in [0, 0.1) is 0 Å². The molecular weight excluding hydrogens is 246 g/mol. The first-order valence-electron chi connectivity index (χ1n) is 6.47. The molecule has 0 heterocycles. The minimum absolute atomic E-state index is 0.255. The van der Waals surface area contributed by atoms with Crippen molar-refractivity contribution in [1.82, 2.24) is 4.90 Å². The molecule has 0 aliphatic carbocycles. The van der Waals surface area contributed by atoms with Gasteiger partial charge in [0.25, 0.3) is 5.91 Å². The van der Waals surface area contributed by atoms with Crippen LogP contribution in [0.25, 0.3) is 0 Å². The van der Waals surface area contributed by atoms with Gasteiger partial charge in [-0.25, -0.2) is 0 Å². The van der Waals surface area contributed by atoms with E-state index in [0.717, 1.165) is 12.8 Å². The standard InChI is InChI=1S/C14H23NO2S/c1-3-4-5-6-7-8-9-10-14(17)15(11-12-18)13(2)16/h8,10,18H,3-7,11-12H2,1-2H3. The van der Waals surface area contributed by atoms with E-state index >= 15 is 0 Å². The summed E-state index contributed by atoms with van der Waals surface area (Å²) in [5, 5.41) is 0. The lowest BCUT2D eigenvalue weighted by molar-refractivity contribution is -0.140. The maximum absolute atomic E-state index is 11.6. The first-order valence-corrected chi connectivity index (χ1v) is 7.10. The minimum atomic E-state index is -0.318. The van der Waals surface area contributed by atoms with Crippen molar-refractivity contribution in [3.63, 3.8) is 0 Å². The number of nitrogens with zero attached hydrogens (tertiary/aromatic N) is 1. The van der Waals surface area contributed by atoms with Gasteiger partial charge in [-0.05, 0) is 18.9 Å². The van der Waals surface area contributed by atoms with Crippen molar-refractivity contribution in [2.45, 2.75) is 46.0 Å². The summed E-state index contributed by atoms with van der Waals surface area (Å²) in [6.07, 6.45) is 8.90. The van der Waals surface area contributed by atoms with Crippen molar-refractivity contribution in [2.75, 3.05) is 12.3 Å². The largest absolute Gasteiger partial charge is 0.278 e. The van der Waals surface area contributed by atoms with E-state index in [9.17, 15) is 9.59 Å². The van der Waals surface area contributed by atoms with Crippen LogP contribution in [0.2, 0.25) is 0 Å². The molecule has 0 aliphatic rings. The molecule has 0 N–H and O–H groups in total. The molecule has 0 bridgehead atoms. The summed E-state index contributed by atoms with van der Waals surface area (Å²) >= 11 is 4.02. The predicted octanol–water partition coefficient (Wildman–Crippen LogP) is 2.97. The summed E-state index contributed by atoms with van der Waals surface area (Å²) in [5.74, 6) is -0.101. The molecule has 0 radical (unpaired) electrons. The summed E-state index contributed by atoms with van der Waals surface area (Å²) in [6, 6.07) is 0. The number of carbonyl (C=O) groups excluding carboxylic acids is 2. The normalized spacial score (nSPS) is 9.50. The fourth-order valence-electron chi connectivity index (χ4n) is 1.49. The van der Waals surface area contributed by atoms with Crippen molar-refractivity contribution >= 4 is 24.4 Å². The van der Waals surface area contributed by atoms with Gasteiger partial charge in [0.05, 0.1) is 0 Å². The number of rotatable bonds is 8. The van der Waals surface area contributed by atoms with Gasteiger partial charge in [-0.1, -0.05) is 26.2 Å². The summed E-state index contributed by atoms with van der Waals surface area (Å²) in [5.41, 5.74) is 2.84. The van der Waals surface area contributed by atoms with Gasteiger partial charge in [0.15, 0.2) is 0 Å². The third kappa shape index (κ3) is 8.15. The van der Waals surface area contributed by atoms with Gasteiger partial charge in [-0.2, -0.15) is 12.6 Å². The molecule has 102 valence electrons. The van der Waals surface area contributed by atoms with E-state index in [1.165, 1.54) is 37.2 Å². The van der Waals surface area contributed by atoms with E-state index in [1.807, 2.05) is 6.08 Å². The average molecular weight is 269 g/mol. The maximum atomic E-state index is 11.6. The highest BCUT2D eigenvalue weighted by Crippen LogP contribution is 2.02. The van der Waals surface area contributed by atoms with E-state index in [1.54, 1.807) is 0 Å². The fraction of sp³-hybridized carbons (Fsp3) is 0.643. The summed E-state index contributed by atoms with van der Waals surface area (Å²) < 4.78 is 0. The monoisotopic (exact) mass is 269 g/mol. The maximum Gasteiger partial charge on any atom is 0.260 e. The van der Waals surface area contributed by atoms with Gasteiger partial charge in [-0.3, -0.25) is 14.5 Å². The highest BCUT2D eigenvalue weighted by Gasteiger charge is 2.13. The second-order valence-electron chi connectivity index (χ2n) is 4.10. The summed E-state index contributed by atoms with van der Waals surface area (Å²) in [4.78, 5) is 24.0. The molecule has 0 unspecified atom stereocenters. The second-order valence-corrected chi connectivity index (χ2v) is 4.54. The second kappa shape index (κ2) is 11.1. The number of unbranched alkanes of at least 4 members (excludes halogenated alkanes) is 4. The van der Waals surface area contributed by atoms with Crippen LogP contribution in [0.3, 0.4) is 0 Å². The molecule has 0 saturated carbocycles. The number of carbonyl (C=O) groups is 2. The van der Waals surface area contributed by atoms with Gasteiger partial charge in [-0.15, -0.1) is 5.73 Å². The van der Waals surface area contributed by atoms with E-state index in [0.29, 0.717) is 12.3 Å². The Morgan fingerprint density at radius 2 is 2.00 bits per heavy atom. The topological polar surface area (TPSA) is 37.4 Å². The lowest BCUT2D eigenvalue weighted by Crippen LogP contribution is -2.35. The molecule has 0 aromatic carbocycles. The van der Waals surface area contributed by atoms with Gasteiger partial charge < -0.3 is 0 Å². The Morgan fingerprint density at radius 1 is 1.28 bits per heavy atom. The van der Waals surface area contributed by atoms with Crippen LogP contribution in [0.1, 0.15) is 46.0 Å². The van der Waals surface area contributed by atoms with E-state index in [2.05, 4.69) is 25.3 Å². The molecule has 18 heavy (non-hydrogen) atoms. The smallest absolute Gasteiger partial charge is 0.260 e. The predicted molar refractivity (Wildman–Crippen MR) is 77.7 cm³/mol. The Morgan fingerprint density at radius 3 is 2.56 bits per heavy atom. The Balaban J connectivity index is 4.10. The third-order valence-electron chi connectivity index (χ3n) is 2.50. The van der Waals surface area contributed by atoms with Crippen LogP contribution in [-0.4, -0.2) is 29.0 Å². The molecule has 0 saturated heterocycles. The van der Waals surface area contributed by atoms with Gasteiger partial charge in [0.2, 0.25) is 5.91 Å². The van der Waals surface area contributed by atoms with E-state index in [4.69, 9.17) is 0 Å². The zero-order valence-corrected chi connectivity index (χ0v) is 12.2. The summed E-state index contributed by atoms with van der Waals surface area (Å²) in [6.45, 7) is 3.89. The highest BCUT2D eigenvalue weighted by molar-refractivity contribution is 7.80. The van der Waals surface area contributed by atoms with Crippen LogP contribution < -0.4 is 0 Å². The van der Waals surface area contributed by atoms with E-state index < -0.39 is 0 Å². The van der Waals surface area contributed by atoms with E-state index in [-0.39, 0.29) is 11.8 Å². The molecule has 0 aliphatic heterocycles. The zero-order chi connectivity index (χ0) is 13.8. The quantitative estimate of drug-likeness (QED) is 0.318. The molecule has 4 heteroatoms. The average Bonchev–Trinajstić information content (AvgIpc) is 2.34. The number of amides is 2. The number of imide groups is 1. The third-order valence-corrected chi connectivity index (χ3v) is 2.70. The van der Waals surface area contributed by atoms with Crippen molar-refractivity contribution in [2.24, 2.45) is 0 Å². The molecule has 0 aromatic rings. The van der Waals surface area contributed by atoms with Gasteiger partial charge >= 0.3 is 0 Å². The number of thiol groups is 1. The van der Waals surface area contributed by atoms with Crippen LogP contribution in [0.4, 0.5) is 0 Å². The first-order chi connectivity index (χ1) is 8.63. The van der Waals surface area contributed by atoms with Crippen LogP contribution in [0.15, 0.2) is 17.9 Å². The van der Waals surface area contributed by atoms with Crippen molar-refractivity contribution < 1.29 is 9.59 Å². The van der Waals surface area contributed by atoms with Gasteiger partial charge in [0.1, 0.15) is 0 Å². The number of hydrogen-bond acceptors (Lipinski definition) is 3. The summed E-state index contributed by atoms with van der Waals surface area (Å²) in [7, 11) is 0. The van der Waals surface area contributed by atoms with Crippen LogP contribution in [-0.2, 0) is 9.59 Å². The molecule has 0 rings (SSSR count). The Labute approximate surface area is 115 Å². The first kappa shape index (κ1) is 17.0. The molecule has 0 spiro atoms. The zero-order valence-electron chi connectivity index (χ0n) is 11.3. The van der Waals surface area contributed by atoms with Crippen molar-refractivity contribution in [3.05, 3.63) is 17.9 Å². The highest BCUT2D eigenvalue weighted by atomic mass is 32.1. The van der Waals surface area contributed by atoms with Crippen molar-refractivity contribution in [1.29, 1.82) is 0 Å². The van der Waals surface area contributed by atoms with Crippen LogP contribution in [0.5, 0.6) is 0 Å². The molecule has 0 fully saturated rings.